The summed E-state index contributed by atoms with van der Waals surface area (Å²) in [6.45, 7) is 6.61. The zero-order valence-corrected chi connectivity index (χ0v) is 24.2. The molecule has 0 saturated carbocycles. The van der Waals surface area contributed by atoms with Gasteiger partial charge in [-0.1, -0.05) is 25.4 Å². The van der Waals surface area contributed by atoms with Gasteiger partial charge >= 0.3 is 5.69 Å². The van der Waals surface area contributed by atoms with Gasteiger partial charge in [-0.2, -0.15) is 4.98 Å². The first-order valence-electron chi connectivity index (χ1n) is 13.5. The van der Waals surface area contributed by atoms with Crippen molar-refractivity contribution in [3.05, 3.63) is 39.9 Å². The molecule has 1 aromatic carbocycles. The molecule has 1 saturated heterocycles. The summed E-state index contributed by atoms with van der Waals surface area (Å²) in [4.78, 5) is 23.8. The molecule has 9 nitrogen and oxygen atoms in total. The number of nitrogens with one attached hydrogen (secondary N) is 2. The van der Waals surface area contributed by atoms with E-state index < -0.39 is 36.3 Å². The van der Waals surface area contributed by atoms with Crippen molar-refractivity contribution in [2.24, 2.45) is 11.8 Å². The molecule has 3 heterocycles. The first kappa shape index (κ1) is 31.0. The summed E-state index contributed by atoms with van der Waals surface area (Å²) in [5.74, 6) is -3.99. The minimum atomic E-state index is -2.78. The summed E-state index contributed by atoms with van der Waals surface area (Å²) in [6.07, 6.45) is -0.778. The van der Waals surface area contributed by atoms with Gasteiger partial charge in [0.1, 0.15) is 5.02 Å². The average molecular weight is 602 g/mol. The summed E-state index contributed by atoms with van der Waals surface area (Å²) < 4.78 is 56.9. The van der Waals surface area contributed by atoms with Crippen LogP contribution < -0.4 is 21.2 Å². The second kappa shape index (κ2) is 12.1. The molecule has 0 aliphatic carbocycles. The van der Waals surface area contributed by atoms with Crippen molar-refractivity contribution in [3.8, 4) is 0 Å². The Balaban J connectivity index is 1.63. The van der Waals surface area contributed by atoms with Crippen LogP contribution in [0.2, 0.25) is 5.02 Å². The number of imidazole rings is 1. The quantitative estimate of drug-likeness (QED) is 0.216. The fourth-order valence-corrected chi connectivity index (χ4v) is 5.12. The molecule has 2 atom stereocenters. The smallest absolute Gasteiger partial charge is 0.329 e. The Kier molecular flexibility index (Phi) is 9.19. The van der Waals surface area contributed by atoms with E-state index in [1.54, 1.807) is 36.9 Å². The van der Waals surface area contributed by atoms with Gasteiger partial charge in [-0.15, -0.1) is 0 Å². The molecule has 0 unspecified atom stereocenters. The zero-order chi connectivity index (χ0) is 30.1. The molecule has 226 valence electrons. The van der Waals surface area contributed by atoms with Crippen molar-refractivity contribution in [3.63, 3.8) is 0 Å². The molecular weight excluding hydrogens is 566 g/mol. The van der Waals surface area contributed by atoms with Crippen molar-refractivity contribution in [1.29, 1.82) is 0 Å². The zero-order valence-electron chi connectivity index (χ0n) is 23.5. The summed E-state index contributed by atoms with van der Waals surface area (Å²) in [5, 5.41) is 16.3. The maximum absolute atomic E-state index is 14.4. The van der Waals surface area contributed by atoms with Crippen molar-refractivity contribution in [2.75, 3.05) is 36.4 Å². The van der Waals surface area contributed by atoms with Crippen molar-refractivity contribution in [2.45, 2.75) is 65.2 Å². The third-order valence-electron chi connectivity index (χ3n) is 7.36. The first-order chi connectivity index (χ1) is 19.2. The molecule has 1 fully saturated rings. The first-order valence-corrected chi connectivity index (χ1v) is 13.9. The van der Waals surface area contributed by atoms with Crippen molar-refractivity contribution >= 4 is 40.1 Å². The minimum absolute atomic E-state index is 0.0948. The van der Waals surface area contributed by atoms with E-state index in [4.69, 9.17) is 11.6 Å². The normalized spacial score (nSPS) is 19.3. The topological polar surface area (TPSA) is 100 Å². The lowest BCUT2D eigenvalue weighted by molar-refractivity contribution is -0.105. The number of rotatable bonds is 11. The van der Waals surface area contributed by atoms with Crippen LogP contribution in [0.1, 0.15) is 34.1 Å². The van der Waals surface area contributed by atoms with Crippen LogP contribution in [-0.2, 0) is 13.1 Å². The number of aryl methyl sites for hydroxylation is 1. The Bertz CT molecular complexity index is 1410. The highest BCUT2D eigenvalue weighted by Crippen LogP contribution is 2.39. The number of hydrogen-bond acceptors (Lipinski definition) is 7. The molecule has 41 heavy (non-hydrogen) atoms. The number of fused-ring (bicyclic) bond motifs is 1. The summed E-state index contributed by atoms with van der Waals surface area (Å²) in [5.41, 5.74) is 0.390. The molecule has 1 aliphatic rings. The van der Waals surface area contributed by atoms with Gasteiger partial charge in [0.15, 0.2) is 5.82 Å². The van der Waals surface area contributed by atoms with Crippen LogP contribution in [0.25, 0.3) is 11.0 Å². The number of piperidine rings is 1. The van der Waals surface area contributed by atoms with E-state index in [0.717, 1.165) is 0 Å². The van der Waals surface area contributed by atoms with Crippen LogP contribution in [-0.4, -0.2) is 68.3 Å². The average Bonchev–Trinajstić information content (AvgIpc) is 3.14. The molecule has 0 bridgehead atoms. The molecule has 0 spiro atoms. The number of nitrogens with zero attached hydrogens (tertiary/aromatic N) is 5. The number of alkyl halides is 4. The van der Waals surface area contributed by atoms with Crippen molar-refractivity contribution in [1.82, 2.24) is 24.4 Å². The van der Waals surface area contributed by atoms with Gasteiger partial charge in [-0.3, -0.25) is 9.13 Å². The lowest BCUT2D eigenvalue weighted by atomic mass is 9.87. The summed E-state index contributed by atoms with van der Waals surface area (Å²) >= 11 is 6.39. The lowest BCUT2D eigenvalue weighted by Gasteiger charge is -2.41. The second-order valence-corrected chi connectivity index (χ2v) is 11.7. The predicted octanol–water partition coefficient (Wildman–Crippen LogP) is 4.73. The van der Waals surface area contributed by atoms with Gasteiger partial charge in [0.05, 0.1) is 29.4 Å². The van der Waals surface area contributed by atoms with Gasteiger partial charge in [-0.05, 0) is 38.5 Å². The van der Waals surface area contributed by atoms with Crippen LogP contribution in [0.4, 0.5) is 35.0 Å². The van der Waals surface area contributed by atoms with E-state index in [1.165, 1.54) is 29.2 Å². The molecule has 0 radical (unpaired) electrons. The molecule has 0 amide bonds. The number of hydrogen-bond donors (Lipinski definition) is 3. The van der Waals surface area contributed by atoms with Gasteiger partial charge in [0, 0.05) is 50.2 Å². The highest BCUT2D eigenvalue weighted by Gasteiger charge is 2.47. The van der Waals surface area contributed by atoms with Crippen LogP contribution in [0, 0.1) is 11.8 Å². The number of aromatic nitrogens is 4. The summed E-state index contributed by atoms with van der Waals surface area (Å²) in [7, 11) is 0. The van der Waals surface area contributed by atoms with Gasteiger partial charge in [-0.25, -0.2) is 27.3 Å². The van der Waals surface area contributed by atoms with Crippen LogP contribution in [0.5, 0.6) is 0 Å². The largest absolute Gasteiger partial charge is 0.390 e. The molecular formula is C27H36ClF4N7O2. The number of anilines is 3. The van der Waals surface area contributed by atoms with Crippen LogP contribution in [0.15, 0.2) is 29.2 Å². The molecule has 3 N–H and O–H groups in total. The molecule has 2 aromatic heterocycles. The predicted molar refractivity (Wildman–Crippen MR) is 152 cm³/mol. The fraction of sp³-hybridized carbons (Fsp3) is 0.593. The molecule has 4 rings (SSSR count). The van der Waals surface area contributed by atoms with Crippen LogP contribution >= 0.6 is 11.6 Å². The van der Waals surface area contributed by atoms with Crippen molar-refractivity contribution < 1.29 is 22.7 Å². The van der Waals surface area contributed by atoms with E-state index in [9.17, 15) is 27.5 Å². The molecule has 1 aliphatic heterocycles. The third kappa shape index (κ3) is 7.12. The fourth-order valence-electron chi connectivity index (χ4n) is 4.98. The Morgan fingerprint density at radius 1 is 1.15 bits per heavy atom. The monoisotopic (exact) mass is 601 g/mol. The maximum Gasteiger partial charge on any atom is 0.329 e. The number of halogens is 5. The lowest BCUT2D eigenvalue weighted by Crippen LogP contribution is -2.52. The van der Waals surface area contributed by atoms with Gasteiger partial charge in [0.2, 0.25) is 5.95 Å². The van der Waals surface area contributed by atoms with E-state index in [2.05, 4.69) is 20.6 Å². The Morgan fingerprint density at radius 3 is 2.44 bits per heavy atom. The highest BCUT2D eigenvalue weighted by atomic mass is 35.5. The third-order valence-corrected chi connectivity index (χ3v) is 7.63. The minimum Gasteiger partial charge on any atom is -0.390 e. The standard InChI is InChI=1S/C27H36ClF4N7O2/c1-16-14-37(15-17(2)27(16,31)32)24-34-12-19(28)23(36-24)35-18-5-6-20-21(11-18)38(9-7-26(3,4)41)25(40)39(20)10-8-33-13-22(29)30/h5-6,11-12,16-17,22,33,41H,7-10,13-15H2,1-4H3,(H,34,35,36)/t16-,17+. The molecule has 3 aromatic rings. The van der Waals surface area contributed by atoms with E-state index in [-0.39, 0.29) is 55.2 Å². The Morgan fingerprint density at radius 2 is 1.80 bits per heavy atom. The van der Waals surface area contributed by atoms with E-state index in [1.807, 2.05) is 0 Å². The maximum atomic E-state index is 14.4. The Hall–Kier alpha value is -2.90. The van der Waals surface area contributed by atoms with E-state index in [0.29, 0.717) is 23.1 Å². The van der Waals surface area contributed by atoms with E-state index >= 15 is 0 Å². The number of benzene rings is 1. The van der Waals surface area contributed by atoms with Gasteiger partial charge < -0.3 is 20.6 Å². The second-order valence-electron chi connectivity index (χ2n) is 11.3. The van der Waals surface area contributed by atoms with Gasteiger partial charge in [0.25, 0.3) is 12.3 Å². The van der Waals surface area contributed by atoms with Crippen LogP contribution in [0.3, 0.4) is 0 Å². The SMILES string of the molecule is C[C@@H]1CN(c2ncc(Cl)c(Nc3ccc4c(c3)n(CCC(C)(C)O)c(=O)n4CCNCC(F)F)n2)C[C@H](C)C1(F)F. The number of aliphatic hydroxyl groups is 1. The summed E-state index contributed by atoms with van der Waals surface area (Å²) in [6, 6.07) is 5.21. The highest BCUT2D eigenvalue weighted by molar-refractivity contribution is 6.32. The Labute approximate surface area is 240 Å². The molecule has 14 heteroatoms.